The third-order valence-electron chi connectivity index (χ3n) is 5.28. The molecule has 4 rings (SSSR count). The van der Waals surface area contributed by atoms with Crippen LogP contribution in [0.4, 0.5) is 5.69 Å². The Hall–Kier alpha value is -2.51. The Bertz CT molecular complexity index is 1070. The number of thiazole rings is 1. The van der Waals surface area contributed by atoms with Crippen LogP contribution in [0.25, 0.3) is 4.96 Å². The van der Waals surface area contributed by atoms with Crippen molar-refractivity contribution in [3.63, 3.8) is 0 Å². The van der Waals surface area contributed by atoms with E-state index in [1.165, 1.54) is 41.2 Å². The Morgan fingerprint density at radius 1 is 1.36 bits per heavy atom. The summed E-state index contributed by atoms with van der Waals surface area (Å²) >= 11 is 1.42. The highest BCUT2D eigenvalue weighted by Gasteiger charge is 2.19. The zero-order chi connectivity index (χ0) is 19.7. The van der Waals surface area contributed by atoms with E-state index in [1.807, 2.05) is 25.1 Å². The largest absolute Gasteiger partial charge is 0.322 e. The van der Waals surface area contributed by atoms with E-state index >= 15 is 0 Å². The quantitative estimate of drug-likeness (QED) is 0.730. The highest BCUT2D eigenvalue weighted by molar-refractivity contribution is 7.16. The lowest BCUT2D eigenvalue weighted by Gasteiger charge is -2.33. The summed E-state index contributed by atoms with van der Waals surface area (Å²) in [6, 6.07) is 8.43. The van der Waals surface area contributed by atoms with Crippen molar-refractivity contribution in [1.82, 2.24) is 14.3 Å². The number of benzene rings is 1. The minimum absolute atomic E-state index is 0.0466. The molecule has 7 heteroatoms. The van der Waals surface area contributed by atoms with Crippen LogP contribution in [0.15, 0.2) is 41.5 Å². The summed E-state index contributed by atoms with van der Waals surface area (Å²) in [6.07, 6.45) is 6.85. The maximum Gasteiger partial charge on any atom is 0.271 e. The van der Waals surface area contributed by atoms with Crippen molar-refractivity contribution in [3.05, 3.63) is 63.0 Å². The number of amides is 1. The number of hydrogen-bond donors (Lipinski definition) is 1. The molecule has 1 unspecified atom stereocenters. The van der Waals surface area contributed by atoms with Crippen molar-refractivity contribution in [2.45, 2.75) is 45.7 Å². The highest BCUT2D eigenvalue weighted by atomic mass is 32.1. The van der Waals surface area contributed by atoms with E-state index in [4.69, 9.17) is 0 Å². The molecule has 1 amide bonds. The number of nitrogens with zero attached hydrogens (tertiary/aromatic N) is 3. The van der Waals surface area contributed by atoms with Gasteiger partial charge in [-0.2, -0.15) is 0 Å². The molecule has 146 valence electrons. The van der Waals surface area contributed by atoms with Crippen molar-refractivity contribution in [2.75, 3.05) is 11.9 Å². The Kier molecular flexibility index (Phi) is 5.28. The van der Waals surface area contributed by atoms with E-state index in [-0.39, 0.29) is 11.1 Å². The first kappa shape index (κ1) is 18.8. The molecule has 0 radical (unpaired) electrons. The summed E-state index contributed by atoms with van der Waals surface area (Å²) in [7, 11) is 0. The van der Waals surface area contributed by atoms with Crippen molar-refractivity contribution >= 4 is 27.9 Å². The van der Waals surface area contributed by atoms with Gasteiger partial charge in [-0.15, -0.1) is 11.3 Å². The number of anilines is 1. The summed E-state index contributed by atoms with van der Waals surface area (Å²) in [4.78, 5) is 33.6. The normalized spacial score (nSPS) is 17.7. The van der Waals surface area contributed by atoms with Crippen molar-refractivity contribution in [3.8, 4) is 0 Å². The highest BCUT2D eigenvalue weighted by Crippen LogP contribution is 2.21. The monoisotopic (exact) mass is 396 g/mol. The van der Waals surface area contributed by atoms with Crippen LogP contribution in [0.1, 0.15) is 47.0 Å². The fourth-order valence-corrected chi connectivity index (χ4v) is 4.51. The number of fused-ring (bicyclic) bond motifs is 1. The predicted molar refractivity (Wildman–Crippen MR) is 112 cm³/mol. The standard InChI is InChI=1S/C21H24N4O2S/c1-14-6-3-4-9-24(14)13-16-7-5-8-17(10-16)23-19(26)18-11-22-21-25(20(18)27)12-15(2)28-21/h5,7-8,10-12,14H,3-4,6,9,13H2,1-2H3,(H,23,26). The summed E-state index contributed by atoms with van der Waals surface area (Å²) in [5.41, 5.74) is 1.55. The van der Waals surface area contributed by atoms with E-state index in [1.54, 1.807) is 6.20 Å². The molecule has 1 aromatic carbocycles. The molecule has 0 bridgehead atoms. The molecule has 0 spiro atoms. The van der Waals surface area contributed by atoms with Crippen LogP contribution >= 0.6 is 11.3 Å². The number of carbonyl (C=O) groups is 1. The van der Waals surface area contributed by atoms with E-state index in [0.717, 1.165) is 23.5 Å². The third-order valence-corrected chi connectivity index (χ3v) is 6.19. The topological polar surface area (TPSA) is 66.7 Å². The number of likely N-dealkylation sites (tertiary alicyclic amines) is 1. The SMILES string of the molecule is Cc1cn2c(=O)c(C(=O)Nc3cccc(CN4CCCCC4C)c3)cnc2s1. The molecule has 28 heavy (non-hydrogen) atoms. The first-order valence-electron chi connectivity index (χ1n) is 9.63. The maximum absolute atomic E-state index is 12.7. The number of aromatic nitrogens is 2. The number of piperidine rings is 1. The zero-order valence-corrected chi connectivity index (χ0v) is 17.0. The average Bonchev–Trinajstić information content (AvgIpc) is 3.05. The molecule has 3 heterocycles. The van der Waals surface area contributed by atoms with Crippen LogP contribution < -0.4 is 10.9 Å². The maximum atomic E-state index is 12.7. The number of rotatable bonds is 4. The van der Waals surface area contributed by atoms with Crippen LogP contribution in [0.2, 0.25) is 0 Å². The Morgan fingerprint density at radius 3 is 3.04 bits per heavy atom. The molecule has 3 aromatic rings. The Balaban J connectivity index is 1.52. The lowest BCUT2D eigenvalue weighted by atomic mass is 10.0. The number of nitrogens with one attached hydrogen (secondary N) is 1. The number of hydrogen-bond acceptors (Lipinski definition) is 5. The van der Waals surface area contributed by atoms with Crippen LogP contribution in [0.5, 0.6) is 0 Å². The van der Waals surface area contributed by atoms with Gasteiger partial charge < -0.3 is 5.32 Å². The molecule has 1 aliphatic rings. The smallest absolute Gasteiger partial charge is 0.271 e. The molecule has 0 aliphatic carbocycles. The minimum Gasteiger partial charge on any atom is -0.322 e. The van der Waals surface area contributed by atoms with Gasteiger partial charge in [0.25, 0.3) is 11.5 Å². The lowest BCUT2D eigenvalue weighted by molar-refractivity contribution is 0.102. The number of aryl methyl sites for hydroxylation is 1. The molecular formula is C21H24N4O2S. The first-order chi connectivity index (χ1) is 13.5. The van der Waals surface area contributed by atoms with E-state index in [2.05, 4.69) is 28.2 Å². The summed E-state index contributed by atoms with van der Waals surface area (Å²) in [6.45, 7) is 6.16. The molecule has 6 nitrogen and oxygen atoms in total. The summed E-state index contributed by atoms with van der Waals surface area (Å²) < 4.78 is 1.43. The first-order valence-corrected chi connectivity index (χ1v) is 10.4. The Morgan fingerprint density at radius 2 is 2.21 bits per heavy atom. The fourth-order valence-electron chi connectivity index (χ4n) is 3.72. The second-order valence-corrected chi connectivity index (χ2v) is 8.65. The van der Waals surface area contributed by atoms with Crippen LogP contribution in [0, 0.1) is 6.92 Å². The van der Waals surface area contributed by atoms with Crippen molar-refractivity contribution in [2.24, 2.45) is 0 Å². The van der Waals surface area contributed by atoms with Crippen LogP contribution in [0.3, 0.4) is 0 Å². The summed E-state index contributed by atoms with van der Waals surface area (Å²) in [5.74, 6) is -0.431. The molecule has 2 aromatic heterocycles. The molecular weight excluding hydrogens is 372 g/mol. The van der Waals surface area contributed by atoms with E-state index < -0.39 is 5.91 Å². The molecule has 1 N–H and O–H groups in total. The second kappa shape index (κ2) is 7.85. The second-order valence-electron chi connectivity index (χ2n) is 7.44. The number of carbonyl (C=O) groups excluding carboxylic acids is 1. The van der Waals surface area contributed by atoms with Gasteiger partial charge in [0, 0.05) is 35.5 Å². The van der Waals surface area contributed by atoms with Gasteiger partial charge in [0.05, 0.1) is 0 Å². The molecule has 0 saturated carbocycles. The van der Waals surface area contributed by atoms with Gasteiger partial charge in [-0.3, -0.25) is 18.9 Å². The lowest BCUT2D eigenvalue weighted by Crippen LogP contribution is -2.36. The van der Waals surface area contributed by atoms with Crippen molar-refractivity contribution in [1.29, 1.82) is 0 Å². The van der Waals surface area contributed by atoms with E-state index in [9.17, 15) is 9.59 Å². The van der Waals surface area contributed by atoms with Gasteiger partial charge in [0.1, 0.15) is 5.56 Å². The van der Waals surface area contributed by atoms with E-state index in [0.29, 0.717) is 16.7 Å². The molecule has 1 aliphatic heterocycles. The average molecular weight is 397 g/mol. The third kappa shape index (κ3) is 3.86. The Labute approximate surface area is 167 Å². The van der Waals surface area contributed by atoms with Crippen LogP contribution in [-0.4, -0.2) is 32.8 Å². The minimum atomic E-state index is -0.431. The van der Waals surface area contributed by atoms with Gasteiger partial charge in [-0.1, -0.05) is 18.6 Å². The van der Waals surface area contributed by atoms with Crippen LogP contribution in [-0.2, 0) is 6.54 Å². The van der Waals surface area contributed by atoms with Gasteiger partial charge >= 0.3 is 0 Å². The van der Waals surface area contributed by atoms with Gasteiger partial charge in [-0.25, -0.2) is 4.98 Å². The molecule has 1 fully saturated rings. The van der Waals surface area contributed by atoms with Gasteiger partial charge in [0.15, 0.2) is 4.96 Å². The van der Waals surface area contributed by atoms with Gasteiger partial charge in [0.2, 0.25) is 0 Å². The predicted octanol–water partition coefficient (Wildman–Crippen LogP) is 3.69. The zero-order valence-electron chi connectivity index (χ0n) is 16.1. The molecule has 1 saturated heterocycles. The fraction of sp³-hybridized carbons (Fsp3) is 0.381. The molecule has 1 atom stereocenters. The van der Waals surface area contributed by atoms with Crippen molar-refractivity contribution < 1.29 is 4.79 Å². The van der Waals surface area contributed by atoms with Gasteiger partial charge in [-0.05, 0) is 50.9 Å². The summed E-state index contributed by atoms with van der Waals surface area (Å²) in [5, 5.41) is 2.85.